The lowest BCUT2D eigenvalue weighted by molar-refractivity contribution is -0.170. The number of ether oxygens (including phenoxy) is 2. The molecule has 6 aromatic rings. The number of aromatic nitrogens is 4. The predicted octanol–water partition coefficient (Wildman–Crippen LogP) is 7.48. The summed E-state index contributed by atoms with van der Waals surface area (Å²) in [6, 6.07) is 29.9. The number of nitrogens with zero attached hydrogens (tertiary/aromatic N) is 4. The molecule has 4 aromatic heterocycles. The van der Waals surface area contributed by atoms with E-state index in [0.29, 0.717) is 0 Å². The zero-order valence-corrected chi connectivity index (χ0v) is 38.8. The molecule has 10 rings (SSSR count). The summed E-state index contributed by atoms with van der Waals surface area (Å²) in [6.45, 7) is 1.63. The van der Waals surface area contributed by atoms with Crippen molar-refractivity contribution in [1.82, 2.24) is 29.7 Å². The van der Waals surface area contributed by atoms with Crippen LogP contribution in [0.2, 0.25) is 0 Å². The van der Waals surface area contributed by atoms with Crippen molar-refractivity contribution in [3.05, 3.63) is 131 Å². The van der Waals surface area contributed by atoms with Gasteiger partial charge in [0.25, 0.3) is 0 Å². The number of carbonyl (C=O) groups is 3. The van der Waals surface area contributed by atoms with Crippen molar-refractivity contribution in [1.29, 1.82) is 0 Å². The number of nitrogens with one attached hydrogen (secondary N) is 2. The number of H-pyrrole nitrogens is 2. The molecule has 354 valence electrons. The Morgan fingerprint density at radius 2 is 0.955 bits per heavy atom. The third-order valence-corrected chi connectivity index (χ3v) is 15.0. The molecule has 6 heterocycles. The Hall–Kier alpha value is -5.97. The Morgan fingerprint density at radius 1 is 0.582 bits per heavy atom. The predicted molar refractivity (Wildman–Crippen MR) is 252 cm³/mol. The molecule has 15 nitrogen and oxygen atoms in total. The van der Waals surface area contributed by atoms with E-state index < -0.39 is 36.4 Å². The number of aromatic amines is 2. The molecule has 0 unspecified atom stereocenters. The molecular formula is C52H62N6O9. The molecule has 2 saturated carbocycles. The van der Waals surface area contributed by atoms with Gasteiger partial charge < -0.3 is 39.9 Å². The highest BCUT2D eigenvalue weighted by molar-refractivity contribution is 5.88. The minimum atomic E-state index is -2.74. The van der Waals surface area contributed by atoms with E-state index in [9.17, 15) is 14.4 Å². The summed E-state index contributed by atoms with van der Waals surface area (Å²) in [4.78, 5) is 52.1. The van der Waals surface area contributed by atoms with Crippen molar-refractivity contribution in [2.24, 2.45) is 0 Å². The van der Waals surface area contributed by atoms with Crippen LogP contribution in [0.1, 0.15) is 98.1 Å². The van der Waals surface area contributed by atoms with Gasteiger partial charge in [0.15, 0.2) is 5.60 Å². The van der Waals surface area contributed by atoms with Gasteiger partial charge in [0, 0.05) is 34.2 Å². The van der Waals surface area contributed by atoms with Crippen molar-refractivity contribution in [3.8, 4) is 0 Å². The first-order valence-electron chi connectivity index (χ1n) is 23.1. The molecule has 4 aliphatic rings. The third kappa shape index (κ3) is 8.98. The van der Waals surface area contributed by atoms with E-state index in [4.69, 9.17) is 39.9 Å². The summed E-state index contributed by atoms with van der Waals surface area (Å²) < 4.78 is 13.0. The van der Waals surface area contributed by atoms with Crippen molar-refractivity contribution in [2.45, 2.75) is 105 Å². The maximum absolute atomic E-state index is 10.3. The Bertz CT molecular complexity index is 2520. The number of aliphatic carboxylic acids is 3. The van der Waals surface area contributed by atoms with E-state index in [-0.39, 0.29) is 22.3 Å². The number of aliphatic hydroxyl groups is 1. The average molecular weight is 915 g/mol. The SMILES string of the molecule is CN(C)C1(c2ccccn2)CCC2(CC1)OCCc1c2[nH]c2ccccc12.CN(C)C1(c2ccccn2)CCC2(CC1)OCCc1c2[nH]c2ccccc12.O=C(O)CC(O)(CC(=O)O)C(=O)O. The molecular weight excluding hydrogens is 853 g/mol. The number of hydrogen-bond acceptors (Lipinski definition) is 10. The van der Waals surface area contributed by atoms with E-state index in [0.717, 1.165) is 77.4 Å². The second kappa shape index (κ2) is 19.0. The minimum absolute atomic E-state index is 0.0144. The van der Waals surface area contributed by atoms with E-state index in [2.05, 4.69) is 121 Å². The monoisotopic (exact) mass is 914 g/mol. The fourth-order valence-corrected chi connectivity index (χ4v) is 11.3. The van der Waals surface area contributed by atoms with Gasteiger partial charge >= 0.3 is 17.9 Å². The zero-order valence-electron chi connectivity index (χ0n) is 38.8. The van der Waals surface area contributed by atoms with Gasteiger partial charge in [-0.05, 0) is 140 Å². The molecule has 2 aromatic carbocycles. The van der Waals surface area contributed by atoms with Crippen LogP contribution in [0.3, 0.4) is 0 Å². The summed E-state index contributed by atoms with van der Waals surface area (Å²) in [5.74, 6) is -5.02. The van der Waals surface area contributed by atoms with E-state index in [1.54, 1.807) is 0 Å². The second-order valence-corrected chi connectivity index (χ2v) is 19.0. The van der Waals surface area contributed by atoms with Gasteiger partial charge in [-0.15, -0.1) is 0 Å². The number of para-hydroxylation sites is 2. The van der Waals surface area contributed by atoms with Crippen LogP contribution in [0.4, 0.5) is 0 Å². The molecule has 2 aliphatic carbocycles. The van der Waals surface area contributed by atoms with Crippen LogP contribution >= 0.6 is 0 Å². The first kappa shape index (κ1) is 47.5. The van der Waals surface area contributed by atoms with Crippen LogP contribution in [0, 0.1) is 0 Å². The van der Waals surface area contributed by atoms with Crippen molar-refractivity contribution < 1.29 is 44.3 Å². The van der Waals surface area contributed by atoms with Crippen molar-refractivity contribution in [3.63, 3.8) is 0 Å². The molecule has 2 fully saturated rings. The zero-order chi connectivity index (χ0) is 47.6. The fourth-order valence-electron chi connectivity index (χ4n) is 11.3. The quantitative estimate of drug-likeness (QED) is 0.0831. The highest BCUT2D eigenvalue weighted by Gasteiger charge is 2.51. The largest absolute Gasteiger partial charge is 0.481 e. The second-order valence-electron chi connectivity index (χ2n) is 19.0. The lowest BCUT2D eigenvalue weighted by Crippen LogP contribution is -2.50. The lowest BCUT2D eigenvalue weighted by Gasteiger charge is -2.50. The van der Waals surface area contributed by atoms with Gasteiger partial charge in [-0.2, -0.15) is 0 Å². The van der Waals surface area contributed by atoms with Gasteiger partial charge in [0.2, 0.25) is 0 Å². The normalized spacial score (nSPS) is 24.6. The van der Waals surface area contributed by atoms with Crippen LogP contribution < -0.4 is 0 Å². The molecule has 2 spiro atoms. The Labute approximate surface area is 390 Å². The summed E-state index contributed by atoms with van der Waals surface area (Å²) in [5.41, 5.74) is 7.28. The standard InChI is InChI=1S/2C23H27N3O.C6H8O7/c2*1-26(2)22(20-9-5-6-15-24-20)11-13-23(14-12-22)21-18(10-16-27-23)17-7-3-4-8-19(17)25-21;7-3(8)1-6(13,5(11)12)2-4(9)10/h2*3-9,15,25H,10-14,16H2,1-2H3;13H,1-2H2,(H,7,8)(H,9,10)(H,11,12). The smallest absolute Gasteiger partial charge is 0.336 e. The first-order chi connectivity index (χ1) is 32.1. The van der Waals surface area contributed by atoms with Gasteiger partial charge in [0.05, 0.1) is 59.9 Å². The Kier molecular flexibility index (Phi) is 13.4. The third-order valence-electron chi connectivity index (χ3n) is 15.0. The highest BCUT2D eigenvalue weighted by Crippen LogP contribution is 2.53. The van der Waals surface area contributed by atoms with Gasteiger partial charge in [-0.3, -0.25) is 29.4 Å². The number of rotatable bonds is 9. The molecule has 0 amide bonds. The molecule has 15 heteroatoms. The van der Waals surface area contributed by atoms with Crippen molar-refractivity contribution >= 4 is 39.7 Å². The number of benzene rings is 2. The van der Waals surface area contributed by atoms with Crippen LogP contribution in [-0.4, -0.2) is 115 Å². The van der Waals surface area contributed by atoms with Crippen LogP contribution in [0.25, 0.3) is 21.8 Å². The molecule has 6 N–H and O–H groups in total. The molecule has 2 aliphatic heterocycles. The topological polar surface area (TPSA) is 214 Å². The Morgan fingerprint density at radius 3 is 1.28 bits per heavy atom. The van der Waals surface area contributed by atoms with Crippen LogP contribution in [0.5, 0.6) is 0 Å². The van der Waals surface area contributed by atoms with E-state index in [1.807, 2.05) is 24.5 Å². The van der Waals surface area contributed by atoms with Gasteiger partial charge in [-0.25, -0.2) is 4.79 Å². The lowest BCUT2D eigenvalue weighted by atomic mass is 9.69. The van der Waals surface area contributed by atoms with E-state index in [1.165, 1.54) is 55.7 Å². The molecule has 0 atom stereocenters. The Balaban J connectivity index is 0.000000146. The van der Waals surface area contributed by atoms with Crippen molar-refractivity contribution in [2.75, 3.05) is 41.4 Å². The number of pyridine rings is 2. The first-order valence-corrected chi connectivity index (χ1v) is 23.1. The number of carboxylic acids is 3. The summed E-state index contributed by atoms with van der Waals surface area (Å²) in [5, 5.41) is 36.5. The molecule has 67 heavy (non-hydrogen) atoms. The van der Waals surface area contributed by atoms with Gasteiger partial charge in [0.1, 0.15) is 11.2 Å². The fraction of sp³-hybridized carbons (Fsp3) is 0.442. The maximum Gasteiger partial charge on any atom is 0.336 e. The highest BCUT2D eigenvalue weighted by atomic mass is 16.5. The minimum Gasteiger partial charge on any atom is -0.481 e. The summed E-state index contributed by atoms with van der Waals surface area (Å²) in [6.07, 6.45) is 11.8. The summed E-state index contributed by atoms with van der Waals surface area (Å²) in [7, 11) is 8.73. The summed E-state index contributed by atoms with van der Waals surface area (Å²) >= 11 is 0. The van der Waals surface area contributed by atoms with Gasteiger partial charge in [-0.1, -0.05) is 48.5 Å². The maximum atomic E-state index is 10.3. The van der Waals surface area contributed by atoms with Crippen LogP contribution in [0.15, 0.2) is 97.3 Å². The molecule has 0 radical (unpaired) electrons. The average Bonchev–Trinajstić information content (AvgIpc) is 3.91. The number of carboxylic acid groups (broad SMARTS) is 3. The number of fused-ring (bicyclic) bond motifs is 8. The molecule has 0 bridgehead atoms. The van der Waals surface area contributed by atoms with Crippen LogP contribution in [-0.2, 0) is 59.0 Å². The number of hydrogen-bond donors (Lipinski definition) is 6. The van der Waals surface area contributed by atoms with E-state index >= 15 is 0 Å². The molecule has 0 saturated heterocycles.